The van der Waals surface area contributed by atoms with E-state index in [2.05, 4.69) is 189 Å². The SMILES string of the molecule is C.C#CC#CC#C.C#CC#CC#CC#CC#CC#CC#CC.CC(C)N(C)C(C)C.CCCP1(=O)OP(=O)(CCC)OP(=O)(CCC)O1.C[C@@H]1C[C@H](Nc2c(N)cnc3ccc(Cl)cc23)CCO1.Cc1cc(CC(=O)O)no1.Cc1cc(Cc2nc3cnc4ccc(Cl)cc4c3n2[C@@H]2CCO[C@H](C)C2)no1. The molecular weight excluding hydrogens is 1440 g/mol. The Morgan fingerprint density at radius 2 is 1.10 bits per heavy atom. The van der Waals surface area contributed by atoms with Crippen LogP contribution in [0.15, 0.2) is 70.0 Å². The first kappa shape index (κ1) is 91.1. The molecule has 5 aromatic heterocycles. The molecular formula is C80H94Cl2N9O12P3. The van der Waals surface area contributed by atoms with Crippen LogP contribution < -0.4 is 11.1 Å². The molecule has 8 heterocycles. The van der Waals surface area contributed by atoms with E-state index >= 15 is 0 Å². The quantitative estimate of drug-likeness (QED) is 0.0635. The second-order valence-corrected chi connectivity index (χ2v) is 32.1. The number of pyridine rings is 2. The van der Waals surface area contributed by atoms with Crippen LogP contribution in [0.4, 0.5) is 11.4 Å². The Bertz CT molecular complexity index is 4740. The van der Waals surface area contributed by atoms with E-state index in [9.17, 15) is 18.5 Å². The van der Waals surface area contributed by atoms with Crippen LogP contribution >= 0.6 is 46.0 Å². The second-order valence-electron chi connectivity index (χ2n) is 24.2. The van der Waals surface area contributed by atoms with E-state index in [0.29, 0.717) is 77.0 Å². The van der Waals surface area contributed by atoms with Crippen molar-refractivity contribution in [1.29, 1.82) is 0 Å². The van der Waals surface area contributed by atoms with Gasteiger partial charge in [0.05, 0.1) is 95.2 Å². The summed E-state index contributed by atoms with van der Waals surface area (Å²) in [7, 11) is -8.55. The van der Waals surface area contributed by atoms with Gasteiger partial charge in [-0.05, 0) is 245 Å². The summed E-state index contributed by atoms with van der Waals surface area (Å²) in [4.78, 5) is 26.3. The Morgan fingerprint density at radius 1 is 0.660 bits per heavy atom. The Balaban J connectivity index is 0.000000338. The van der Waals surface area contributed by atoms with Crippen LogP contribution in [0.25, 0.3) is 32.8 Å². The minimum atomic E-state index is -3.57. The Labute approximate surface area is 636 Å². The minimum absolute atomic E-state index is 0. The molecule has 560 valence electrons. The molecule has 3 aliphatic rings. The highest BCUT2D eigenvalue weighted by Crippen LogP contribution is 2.82. The van der Waals surface area contributed by atoms with Crippen molar-refractivity contribution in [3.63, 3.8) is 0 Å². The molecule has 0 amide bonds. The number of rotatable bonds is 15. The average Bonchev–Trinajstić information content (AvgIpc) is 1.38. The van der Waals surface area contributed by atoms with Crippen LogP contribution in [0, 0.1) is 134 Å². The standard InChI is InChI=1S/C21H21ClN4O2.C15H18ClN3O.C15H4.C9H21O6P3.C7H17N.C6H7NO3.C6H2.CH4/c1-12-8-16(5-6-27-12)26-20(10-15-7-13(2)28-25-15)24-19-11-23-18-4-3-14(22)9-17(18)21(19)26;1-9-6-11(4-5-20-9)19-15-12-7-10(16)2-3-14(12)18-8-13(15)17;1-3-5-7-9-11-13-15-14-12-10-8-6-4-2;1-4-7-16(10)13-17(11,8-5-2)15-18(12,14-16)9-6-3;1-6(2)8(5)7(3)4;1-4-2-5(7-10-4)3-6(8)9;1-3-5-6-4-2;/h3-4,7,9,11-12,16H,5-6,8,10H2,1-2H3;2-3,7-9,11H,4-6,17H2,1H3,(H,18,19);1H,2H3;4-9H2,1-3H3;6-7H,1-5H3;2H,3H2,1H3,(H,8,9);1-2H;1H4/t12-,16-;9-,11-;;;;;;/m11....../s1. The number of benzene rings is 2. The van der Waals surface area contributed by atoms with Crippen molar-refractivity contribution in [3.05, 3.63) is 99.7 Å². The van der Waals surface area contributed by atoms with Gasteiger partial charge in [-0.3, -0.25) is 28.5 Å². The number of nitrogens with zero attached hydrogens (tertiary/aromatic N) is 7. The van der Waals surface area contributed by atoms with Gasteiger partial charge in [-0.2, -0.15) is 0 Å². The molecule has 2 aromatic carbocycles. The highest BCUT2D eigenvalue weighted by atomic mass is 35.5. The first-order valence-electron chi connectivity index (χ1n) is 33.8. The van der Waals surface area contributed by atoms with Gasteiger partial charge in [-0.15, -0.1) is 19.3 Å². The minimum Gasteiger partial charge on any atom is -0.481 e. The highest BCUT2D eigenvalue weighted by molar-refractivity contribution is 7.80. The number of anilines is 2. The number of carboxylic acid groups (broad SMARTS) is 1. The molecule has 26 heteroatoms. The molecule has 0 bridgehead atoms. The largest absolute Gasteiger partial charge is 0.481 e. The van der Waals surface area contributed by atoms with Gasteiger partial charge in [0, 0.05) is 70.3 Å². The van der Waals surface area contributed by atoms with E-state index in [1.54, 1.807) is 46.9 Å². The lowest BCUT2D eigenvalue weighted by Crippen LogP contribution is -2.32. The van der Waals surface area contributed by atoms with Crippen LogP contribution in [0.3, 0.4) is 0 Å². The number of carboxylic acids is 1. The van der Waals surface area contributed by atoms with E-state index in [4.69, 9.17) is 85.2 Å². The zero-order valence-corrected chi connectivity index (χ0v) is 65.8. The molecule has 10 rings (SSSR count). The lowest BCUT2D eigenvalue weighted by molar-refractivity contribution is -0.136. The van der Waals surface area contributed by atoms with Gasteiger partial charge in [-0.1, -0.05) is 67.6 Å². The van der Waals surface area contributed by atoms with Gasteiger partial charge in [0.2, 0.25) is 0 Å². The molecule has 0 radical (unpaired) electrons. The number of nitrogens with two attached hydrogens (primary N) is 1. The number of hydrogen-bond donors (Lipinski definition) is 3. The highest BCUT2D eigenvalue weighted by Gasteiger charge is 2.51. The van der Waals surface area contributed by atoms with Crippen molar-refractivity contribution in [2.24, 2.45) is 0 Å². The number of terminal acetylenes is 3. The van der Waals surface area contributed by atoms with Gasteiger partial charge in [-0.25, -0.2) is 17.9 Å². The molecule has 0 saturated carbocycles. The second kappa shape index (κ2) is 47.4. The zero-order valence-electron chi connectivity index (χ0n) is 61.6. The fourth-order valence-electron chi connectivity index (χ4n) is 10.2. The number of imidazole rings is 1. The van der Waals surface area contributed by atoms with E-state index in [1.165, 1.54) is 0 Å². The lowest BCUT2D eigenvalue weighted by atomic mass is 10.0. The molecule has 106 heavy (non-hydrogen) atoms. The predicted molar refractivity (Wildman–Crippen MR) is 426 cm³/mol. The van der Waals surface area contributed by atoms with Crippen LogP contribution in [-0.4, -0.2) is 115 Å². The van der Waals surface area contributed by atoms with E-state index in [0.717, 1.165) is 94.7 Å². The summed E-state index contributed by atoms with van der Waals surface area (Å²) >= 11 is 12.4. The van der Waals surface area contributed by atoms with E-state index in [-0.39, 0.29) is 44.5 Å². The van der Waals surface area contributed by atoms with E-state index in [1.807, 2.05) is 55.6 Å². The maximum Gasteiger partial charge on any atom is 0.345 e. The van der Waals surface area contributed by atoms with Gasteiger partial charge in [0.1, 0.15) is 22.9 Å². The molecule has 4 atom stereocenters. The number of hydrogen-bond acceptors (Lipinski definition) is 19. The maximum absolute atomic E-state index is 12.3. The molecule has 21 nitrogen and oxygen atoms in total. The van der Waals surface area contributed by atoms with Crippen molar-refractivity contribution >= 4 is 96.2 Å². The maximum atomic E-state index is 12.3. The number of carbonyl (C=O) groups is 1. The average molecular weight is 1540 g/mol. The monoisotopic (exact) mass is 1540 g/mol. The molecule has 3 saturated heterocycles. The molecule has 3 fully saturated rings. The molecule has 4 N–H and O–H groups in total. The summed E-state index contributed by atoms with van der Waals surface area (Å²) < 4.78 is 75.9. The van der Waals surface area contributed by atoms with Crippen molar-refractivity contribution in [2.75, 3.05) is 49.8 Å². The number of aryl methyl sites for hydroxylation is 2. The number of fused-ring (bicyclic) bond motifs is 4. The Morgan fingerprint density at radius 3 is 1.54 bits per heavy atom. The Kier molecular flexibility index (Phi) is 40.7. The number of halogens is 2. The van der Waals surface area contributed by atoms with Crippen LogP contribution in [0.2, 0.25) is 10.0 Å². The number of nitrogen functional groups attached to an aromatic ring is 1. The van der Waals surface area contributed by atoms with E-state index < -0.39 is 28.8 Å². The van der Waals surface area contributed by atoms with Crippen LogP contribution in [0.1, 0.15) is 156 Å². The van der Waals surface area contributed by atoms with Crippen molar-refractivity contribution in [3.8, 4) is 120 Å². The normalized spacial score (nSPS) is 19.1. The smallest absolute Gasteiger partial charge is 0.345 e. The third kappa shape index (κ3) is 31.9. The number of aliphatic carboxylic acids is 1. The summed E-state index contributed by atoms with van der Waals surface area (Å²) in [6.45, 7) is 25.3. The summed E-state index contributed by atoms with van der Waals surface area (Å²) in [5.74, 6) is 42.0. The van der Waals surface area contributed by atoms with Crippen molar-refractivity contribution in [2.45, 2.75) is 185 Å². The van der Waals surface area contributed by atoms with Gasteiger partial charge in [0.25, 0.3) is 0 Å². The fourth-order valence-corrected chi connectivity index (χ4v) is 19.9. The van der Waals surface area contributed by atoms with Crippen LogP contribution in [-0.2, 0) is 53.7 Å². The molecule has 3 aliphatic heterocycles. The molecule has 0 unspecified atom stereocenters. The third-order valence-corrected chi connectivity index (χ3v) is 24.4. The van der Waals surface area contributed by atoms with Gasteiger partial charge < -0.3 is 44.1 Å². The zero-order chi connectivity index (χ0) is 77.5. The summed E-state index contributed by atoms with van der Waals surface area (Å²) in [6, 6.07) is 17.1. The number of nitrogens with one attached hydrogen (secondary N) is 1. The summed E-state index contributed by atoms with van der Waals surface area (Å²) in [6.07, 6.45) is 24.6. The molecule has 0 aliphatic carbocycles. The first-order chi connectivity index (χ1) is 50.1. The van der Waals surface area contributed by atoms with Crippen molar-refractivity contribution < 1.29 is 55.0 Å². The fraction of sp³-hybridized carbons (Fsp3) is 0.425. The summed E-state index contributed by atoms with van der Waals surface area (Å²) in [5.41, 5.74) is 12.8. The van der Waals surface area contributed by atoms with Gasteiger partial charge >= 0.3 is 28.8 Å². The number of ether oxygens (including phenoxy) is 2. The van der Waals surface area contributed by atoms with Crippen LogP contribution in [0.5, 0.6) is 0 Å². The summed E-state index contributed by atoms with van der Waals surface area (Å²) in [5, 5.41) is 22.9. The molecule has 0 spiro atoms. The lowest BCUT2D eigenvalue weighted by Gasteiger charge is -2.33. The first-order valence-corrected chi connectivity index (χ1v) is 39.8. The number of aromatic nitrogens is 6. The topological polar surface area (TPSA) is 272 Å². The predicted octanol–water partition coefficient (Wildman–Crippen LogP) is 17.1. The molecule has 7 aromatic rings. The third-order valence-electron chi connectivity index (χ3n) is 15.0. The Hall–Kier alpha value is -9.15. The van der Waals surface area contributed by atoms with Gasteiger partial charge in [0.15, 0.2) is 0 Å². The van der Waals surface area contributed by atoms with Crippen molar-refractivity contribution in [1.82, 2.24) is 34.7 Å².